The molecule has 1 heterocycles. The van der Waals surface area contributed by atoms with Crippen molar-refractivity contribution in [3.63, 3.8) is 0 Å². The average molecular weight is 562 g/mol. The Morgan fingerprint density at radius 1 is 1.26 bits per heavy atom. The second kappa shape index (κ2) is 13.4. The van der Waals surface area contributed by atoms with Gasteiger partial charge in [0.15, 0.2) is 0 Å². The third-order valence-electron chi connectivity index (χ3n) is 5.34. The van der Waals surface area contributed by atoms with Gasteiger partial charge >= 0.3 is 12.2 Å². The Bertz CT molecular complexity index is 1180. The molecule has 0 unspecified atom stereocenters. The van der Waals surface area contributed by atoms with Gasteiger partial charge in [0.2, 0.25) is 0 Å². The Kier molecular flexibility index (Phi) is 10.8. The Labute approximate surface area is 229 Å². The van der Waals surface area contributed by atoms with Crippen molar-refractivity contribution in [1.29, 1.82) is 0 Å². The number of hydrogen-bond acceptors (Lipinski definition) is 8. The summed E-state index contributed by atoms with van der Waals surface area (Å²) in [5.74, 6) is 0.426. The number of ether oxygens (including phenoxy) is 3. The Morgan fingerprint density at radius 2 is 1.95 bits per heavy atom. The summed E-state index contributed by atoms with van der Waals surface area (Å²) in [7, 11) is -0.129. The van der Waals surface area contributed by atoms with Gasteiger partial charge < -0.3 is 24.1 Å². The van der Waals surface area contributed by atoms with Crippen LogP contribution >= 0.6 is 0 Å². The molecule has 12 nitrogen and oxygen atoms in total. The molecule has 0 saturated heterocycles. The summed E-state index contributed by atoms with van der Waals surface area (Å²) in [5, 5.41) is 17.2. The van der Waals surface area contributed by atoms with Gasteiger partial charge in [0.05, 0.1) is 35.0 Å². The number of carbonyl (C=O) groups excluding carboxylic acids is 2. The maximum absolute atomic E-state index is 12.6. The quantitative estimate of drug-likeness (QED) is 0.104. The van der Waals surface area contributed by atoms with Crippen LogP contribution in [0.1, 0.15) is 39.1 Å². The number of imidazole rings is 1. The van der Waals surface area contributed by atoms with E-state index in [0.29, 0.717) is 24.5 Å². The van der Waals surface area contributed by atoms with Crippen LogP contribution in [0.15, 0.2) is 37.1 Å². The van der Waals surface area contributed by atoms with Crippen LogP contribution in [-0.4, -0.2) is 54.1 Å². The topological polar surface area (TPSA) is 147 Å². The van der Waals surface area contributed by atoms with Gasteiger partial charge in [0.1, 0.15) is 18.2 Å². The zero-order chi connectivity index (χ0) is 29.4. The van der Waals surface area contributed by atoms with E-state index in [9.17, 15) is 19.7 Å². The smallest absolute Gasteiger partial charge is 0.411 e. The molecule has 214 valence electrons. The van der Waals surface area contributed by atoms with E-state index in [1.807, 2.05) is 0 Å². The van der Waals surface area contributed by atoms with E-state index in [2.05, 4.69) is 46.6 Å². The molecule has 0 aliphatic rings. The zero-order valence-corrected chi connectivity index (χ0v) is 24.7. The van der Waals surface area contributed by atoms with Gasteiger partial charge in [-0.1, -0.05) is 25.7 Å². The number of alkyl carbamates (subject to hydrolysis) is 1. The first-order valence-corrected chi connectivity index (χ1v) is 16.2. The van der Waals surface area contributed by atoms with Gasteiger partial charge in [-0.2, -0.15) is 0 Å². The zero-order valence-electron chi connectivity index (χ0n) is 23.7. The summed E-state index contributed by atoms with van der Waals surface area (Å²) in [5.41, 5.74) is -0.241. The molecule has 0 radical (unpaired) electrons. The first-order chi connectivity index (χ1) is 18.1. The maximum atomic E-state index is 12.6. The minimum Gasteiger partial charge on any atom is -0.453 e. The van der Waals surface area contributed by atoms with Crippen molar-refractivity contribution in [2.24, 2.45) is 0 Å². The molecule has 13 heteroatoms. The van der Waals surface area contributed by atoms with Crippen molar-refractivity contribution < 1.29 is 28.7 Å². The molecule has 0 aliphatic carbocycles. The number of carbonyl (C=O) groups is 2. The fraction of sp³-hybridized carbons (Fsp3) is 0.500. The number of hydrogen-bond donors (Lipinski definition) is 2. The molecule has 0 saturated carbocycles. The predicted octanol–water partition coefficient (Wildman–Crippen LogP) is 6.09. The summed E-state index contributed by atoms with van der Waals surface area (Å²) in [6, 6.07) is 4.57. The highest BCUT2D eigenvalue weighted by atomic mass is 28.3. The van der Waals surface area contributed by atoms with Crippen molar-refractivity contribution in [2.75, 3.05) is 19.0 Å². The summed E-state index contributed by atoms with van der Waals surface area (Å²) in [4.78, 5) is 40.2. The van der Waals surface area contributed by atoms with Crippen molar-refractivity contribution >= 4 is 31.6 Å². The predicted molar refractivity (Wildman–Crippen MR) is 151 cm³/mol. The SMILES string of the molecule is C=CC[C@H](NC(=O)OC(C)(C)C)c1nc(-c2ccc(NC(=O)OC)cc2[N+](=O)[O-])cn1COCC[Si](C)(C)C. The average Bonchev–Trinajstić information content (AvgIpc) is 3.23. The van der Waals surface area contributed by atoms with E-state index < -0.39 is 36.8 Å². The van der Waals surface area contributed by atoms with Crippen molar-refractivity contribution in [3.05, 3.63) is 53.0 Å². The third-order valence-corrected chi connectivity index (χ3v) is 7.05. The van der Waals surface area contributed by atoms with Crippen molar-refractivity contribution in [3.8, 4) is 11.3 Å². The number of nitrogens with zero attached hydrogens (tertiary/aromatic N) is 3. The van der Waals surface area contributed by atoms with Crippen LogP contribution in [0.4, 0.5) is 21.0 Å². The van der Waals surface area contributed by atoms with Crippen LogP contribution in [-0.2, 0) is 20.9 Å². The lowest BCUT2D eigenvalue weighted by Crippen LogP contribution is -2.36. The molecule has 1 aromatic carbocycles. The number of benzene rings is 1. The number of rotatable bonds is 12. The van der Waals surface area contributed by atoms with Gasteiger partial charge in [0.25, 0.3) is 5.69 Å². The van der Waals surface area contributed by atoms with Crippen molar-refractivity contribution in [2.45, 2.75) is 71.3 Å². The number of anilines is 1. The fourth-order valence-electron chi connectivity index (χ4n) is 3.47. The molecular formula is C26H39N5O7Si. The highest BCUT2D eigenvalue weighted by Crippen LogP contribution is 2.33. The Balaban J connectivity index is 2.51. The molecule has 0 bridgehead atoms. The highest BCUT2D eigenvalue weighted by Gasteiger charge is 2.26. The van der Waals surface area contributed by atoms with Gasteiger partial charge in [-0.25, -0.2) is 14.6 Å². The van der Waals surface area contributed by atoms with Gasteiger partial charge in [0, 0.05) is 26.9 Å². The van der Waals surface area contributed by atoms with Crippen LogP contribution in [0.3, 0.4) is 0 Å². The van der Waals surface area contributed by atoms with Crippen LogP contribution in [0, 0.1) is 10.1 Å². The number of nitro benzene ring substituents is 1. The van der Waals surface area contributed by atoms with Crippen LogP contribution in [0.25, 0.3) is 11.3 Å². The molecule has 2 amide bonds. The monoisotopic (exact) mass is 561 g/mol. The summed E-state index contributed by atoms with van der Waals surface area (Å²) >= 11 is 0. The molecule has 2 aromatic rings. The minimum absolute atomic E-state index is 0.131. The molecule has 2 N–H and O–H groups in total. The van der Waals surface area contributed by atoms with E-state index in [4.69, 9.17) is 9.47 Å². The summed E-state index contributed by atoms with van der Waals surface area (Å²) in [6.45, 7) is 16.5. The van der Waals surface area contributed by atoms with E-state index >= 15 is 0 Å². The normalized spacial score (nSPS) is 12.4. The minimum atomic E-state index is -1.33. The Morgan fingerprint density at radius 3 is 2.51 bits per heavy atom. The van der Waals surface area contributed by atoms with Gasteiger partial charge in [-0.3, -0.25) is 15.4 Å². The van der Waals surface area contributed by atoms with E-state index in [1.54, 1.807) is 37.6 Å². The lowest BCUT2D eigenvalue weighted by molar-refractivity contribution is -0.384. The van der Waals surface area contributed by atoms with Gasteiger partial charge in [-0.15, -0.1) is 6.58 Å². The standard InChI is InChI=1S/C26H39N5O7Si/c1-9-10-20(29-25(33)38-26(2,3)4)23-28-21(16-30(23)17-37-13-14-39(6,7)8)19-12-11-18(27-24(32)36-5)15-22(19)31(34)35/h9,11-12,15-16,20H,1,10,13-14,17H2,2-8H3,(H,27,32)(H,29,33)/t20-/m0/s1. The van der Waals surface area contributed by atoms with Crippen LogP contribution in [0.5, 0.6) is 0 Å². The molecule has 2 rings (SSSR count). The number of nitro groups is 1. The van der Waals surface area contributed by atoms with Gasteiger partial charge in [-0.05, 0) is 45.4 Å². The number of aromatic nitrogens is 2. The first-order valence-electron chi connectivity index (χ1n) is 12.5. The second-order valence-corrected chi connectivity index (χ2v) is 16.8. The summed E-state index contributed by atoms with van der Waals surface area (Å²) < 4.78 is 17.7. The lowest BCUT2D eigenvalue weighted by Gasteiger charge is -2.23. The number of amides is 2. The molecule has 0 fully saturated rings. The molecule has 39 heavy (non-hydrogen) atoms. The summed E-state index contributed by atoms with van der Waals surface area (Å²) in [6.07, 6.45) is 2.23. The van der Waals surface area contributed by atoms with Crippen LogP contribution in [0.2, 0.25) is 25.7 Å². The largest absolute Gasteiger partial charge is 0.453 e. The molecule has 1 aromatic heterocycles. The van der Waals surface area contributed by atoms with E-state index in [1.165, 1.54) is 25.3 Å². The second-order valence-electron chi connectivity index (χ2n) is 11.1. The Hall–Kier alpha value is -3.71. The third kappa shape index (κ3) is 10.2. The molecule has 0 spiro atoms. The maximum Gasteiger partial charge on any atom is 0.411 e. The van der Waals surface area contributed by atoms with E-state index in [0.717, 1.165) is 6.04 Å². The highest BCUT2D eigenvalue weighted by molar-refractivity contribution is 6.76. The number of nitrogens with one attached hydrogen (secondary N) is 2. The molecule has 1 atom stereocenters. The first kappa shape index (κ1) is 31.5. The van der Waals surface area contributed by atoms with Crippen molar-refractivity contribution in [1.82, 2.24) is 14.9 Å². The number of methoxy groups -OCH3 is 1. The van der Waals surface area contributed by atoms with Crippen LogP contribution < -0.4 is 10.6 Å². The lowest BCUT2D eigenvalue weighted by atomic mass is 10.1. The fourth-order valence-corrected chi connectivity index (χ4v) is 4.23. The molecular weight excluding hydrogens is 522 g/mol. The molecule has 0 aliphatic heterocycles. The van der Waals surface area contributed by atoms with E-state index in [-0.39, 0.29) is 23.7 Å².